The lowest BCUT2D eigenvalue weighted by atomic mass is 9.88. The van der Waals surface area contributed by atoms with Crippen LogP contribution in [0.1, 0.15) is 45.1 Å². The Morgan fingerprint density at radius 3 is 2.67 bits per heavy atom. The number of halogens is 1. The van der Waals surface area contributed by atoms with E-state index in [1.165, 1.54) is 25.7 Å². The summed E-state index contributed by atoms with van der Waals surface area (Å²) in [5.41, 5.74) is 1.10. The SMILES string of the molecule is CC(C)C1CN(Cc2ccccc2F)C2(CCCC2)CN1. The number of piperazine rings is 1. The van der Waals surface area contributed by atoms with Crippen molar-refractivity contribution in [1.29, 1.82) is 0 Å². The predicted octanol–water partition coefficient (Wildman–Crippen LogP) is 3.57. The third-order valence-electron chi connectivity index (χ3n) is 5.44. The maximum atomic E-state index is 14.0. The first-order valence-electron chi connectivity index (χ1n) is 8.33. The summed E-state index contributed by atoms with van der Waals surface area (Å²) in [6.45, 7) is 7.38. The molecule has 0 radical (unpaired) electrons. The number of nitrogens with zero attached hydrogens (tertiary/aromatic N) is 1. The number of rotatable bonds is 3. The molecule has 1 aliphatic carbocycles. The Bertz CT molecular complexity index is 480. The molecule has 2 aliphatic rings. The van der Waals surface area contributed by atoms with Crippen molar-refractivity contribution in [3.05, 3.63) is 35.6 Å². The van der Waals surface area contributed by atoms with E-state index >= 15 is 0 Å². The van der Waals surface area contributed by atoms with Crippen molar-refractivity contribution in [3.8, 4) is 0 Å². The van der Waals surface area contributed by atoms with Crippen LogP contribution in [0.25, 0.3) is 0 Å². The molecule has 1 aliphatic heterocycles. The lowest BCUT2D eigenvalue weighted by Gasteiger charge is -2.49. The number of hydrogen-bond donors (Lipinski definition) is 1. The molecule has 1 aromatic carbocycles. The molecule has 2 fully saturated rings. The van der Waals surface area contributed by atoms with Crippen molar-refractivity contribution in [2.24, 2.45) is 5.92 Å². The second-order valence-electron chi connectivity index (χ2n) is 7.13. The minimum atomic E-state index is -0.0646. The lowest BCUT2D eigenvalue weighted by molar-refractivity contribution is 0.0253. The average molecular weight is 290 g/mol. The van der Waals surface area contributed by atoms with Crippen molar-refractivity contribution in [2.45, 2.75) is 57.7 Å². The molecule has 2 nitrogen and oxygen atoms in total. The topological polar surface area (TPSA) is 15.3 Å². The van der Waals surface area contributed by atoms with Crippen LogP contribution in [0.4, 0.5) is 4.39 Å². The summed E-state index contributed by atoms with van der Waals surface area (Å²) in [6, 6.07) is 7.76. The van der Waals surface area contributed by atoms with Gasteiger partial charge in [0.05, 0.1) is 0 Å². The van der Waals surface area contributed by atoms with Gasteiger partial charge in [0.1, 0.15) is 5.82 Å². The Balaban J connectivity index is 1.81. The van der Waals surface area contributed by atoms with Crippen LogP contribution in [0.2, 0.25) is 0 Å². The summed E-state index contributed by atoms with van der Waals surface area (Å²) in [4.78, 5) is 2.57. The summed E-state index contributed by atoms with van der Waals surface area (Å²) in [7, 11) is 0. The van der Waals surface area contributed by atoms with Crippen LogP contribution >= 0.6 is 0 Å². The molecule has 3 rings (SSSR count). The van der Waals surface area contributed by atoms with Gasteiger partial charge in [-0.2, -0.15) is 0 Å². The minimum absolute atomic E-state index is 0.0646. The highest BCUT2D eigenvalue weighted by molar-refractivity contribution is 5.18. The third-order valence-corrected chi connectivity index (χ3v) is 5.44. The quantitative estimate of drug-likeness (QED) is 0.915. The molecule has 1 N–H and O–H groups in total. The van der Waals surface area contributed by atoms with Crippen LogP contribution in [0.5, 0.6) is 0 Å². The van der Waals surface area contributed by atoms with E-state index in [0.717, 1.165) is 25.2 Å². The van der Waals surface area contributed by atoms with Gasteiger partial charge in [-0.15, -0.1) is 0 Å². The molecule has 116 valence electrons. The zero-order chi connectivity index (χ0) is 14.9. The summed E-state index contributed by atoms with van der Waals surface area (Å²) in [6.07, 6.45) is 5.11. The van der Waals surface area contributed by atoms with E-state index in [1.54, 1.807) is 12.1 Å². The Hall–Kier alpha value is -0.930. The van der Waals surface area contributed by atoms with Gasteiger partial charge >= 0.3 is 0 Å². The highest BCUT2D eigenvalue weighted by atomic mass is 19.1. The van der Waals surface area contributed by atoms with Crippen LogP contribution in [0.3, 0.4) is 0 Å². The molecule has 3 heteroatoms. The minimum Gasteiger partial charge on any atom is -0.311 e. The molecule has 0 aromatic heterocycles. The van der Waals surface area contributed by atoms with E-state index in [2.05, 4.69) is 24.1 Å². The van der Waals surface area contributed by atoms with E-state index in [9.17, 15) is 4.39 Å². The van der Waals surface area contributed by atoms with Gasteiger partial charge in [-0.1, -0.05) is 44.9 Å². The highest BCUT2D eigenvalue weighted by Crippen LogP contribution is 2.38. The van der Waals surface area contributed by atoms with Gasteiger partial charge in [-0.05, 0) is 24.8 Å². The zero-order valence-electron chi connectivity index (χ0n) is 13.2. The first-order chi connectivity index (χ1) is 10.1. The highest BCUT2D eigenvalue weighted by Gasteiger charge is 2.43. The van der Waals surface area contributed by atoms with Crippen LogP contribution in [0, 0.1) is 11.7 Å². The van der Waals surface area contributed by atoms with Gasteiger partial charge < -0.3 is 5.32 Å². The molecule has 1 unspecified atom stereocenters. The van der Waals surface area contributed by atoms with Crippen molar-refractivity contribution in [1.82, 2.24) is 10.2 Å². The summed E-state index contributed by atoms with van der Waals surface area (Å²) in [5, 5.41) is 3.75. The predicted molar refractivity (Wildman–Crippen MR) is 84.6 cm³/mol. The standard InChI is InChI=1S/C18H27FN2/c1-14(2)17-12-21(11-15-7-3-4-8-16(15)19)18(13-20-17)9-5-6-10-18/h3-4,7-8,14,17,20H,5-6,9-13H2,1-2H3. The fraction of sp³-hybridized carbons (Fsp3) is 0.667. The fourth-order valence-electron chi connectivity index (χ4n) is 3.97. The van der Waals surface area contributed by atoms with Crippen molar-refractivity contribution >= 4 is 0 Å². The molecule has 1 aromatic rings. The molecule has 1 spiro atoms. The van der Waals surface area contributed by atoms with E-state index in [1.807, 2.05) is 12.1 Å². The van der Waals surface area contributed by atoms with Crippen molar-refractivity contribution in [3.63, 3.8) is 0 Å². The average Bonchev–Trinajstić information content (AvgIpc) is 2.93. The molecule has 1 saturated heterocycles. The van der Waals surface area contributed by atoms with Gasteiger partial charge in [-0.25, -0.2) is 4.39 Å². The molecular weight excluding hydrogens is 263 g/mol. The molecule has 1 saturated carbocycles. The molecule has 1 atom stereocenters. The van der Waals surface area contributed by atoms with Gasteiger partial charge in [0.25, 0.3) is 0 Å². The van der Waals surface area contributed by atoms with E-state index < -0.39 is 0 Å². The summed E-state index contributed by atoms with van der Waals surface area (Å²) in [5.74, 6) is 0.553. The zero-order valence-corrected chi connectivity index (χ0v) is 13.2. The van der Waals surface area contributed by atoms with Crippen molar-refractivity contribution < 1.29 is 4.39 Å². The Morgan fingerprint density at radius 1 is 1.29 bits per heavy atom. The van der Waals surface area contributed by atoms with Crippen molar-refractivity contribution in [2.75, 3.05) is 13.1 Å². The van der Waals surface area contributed by atoms with E-state index in [4.69, 9.17) is 0 Å². The lowest BCUT2D eigenvalue weighted by Crippen LogP contribution is -2.64. The van der Waals surface area contributed by atoms with Crippen LogP contribution in [-0.4, -0.2) is 29.6 Å². The second-order valence-corrected chi connectivity index (χ2v) is 7.13. The van der Waals surface area contributed by atoms with Crippen LogP contribution in [0.15, 0.2) is 24.3 Å². The Morgan fingerprint density at radius 2 is 2.00 bits per heavy atom. The van der Waals surface area contributed by atoms with E-state index in [0.29, 0.717) is 12.0 Å². The number of hydrogen-bond acceptors (Lipinski definition) is 2. The van der Waals surface area contributed by atoms with Crippen LogP contribution in [-0.2, 0) is 6.54 Å². The Kier molecular flexibility index (Phi) is 4.32. The normalized spacial score (nSPS) is 25.8. The third kappa shape index (κ3) is 3.00. The molecular formula is C18H27FN2. The molecule has 0 amide bonds. The van der Waals surface area contributed by atoms with Gasteiger partial charge in [0, 0.05) is 36.8 Å². The molecule has 21 heavy (non-hydrogen) atoms. The molecule has 1 heterocycles. The Labute approximate surface area is 127 Å². The van der Waals surface area contributed by atoms with Gasteiger partial charge in [-0.3, -0.25) is 4.90 Å². The largest absolute Gasteiger partial charge is 0.311 e. The molecule has 0 bridgehead atoms. The second kappa shape index (κ2) is 6.05. The van der Waals surface area contributed by atoms with E-state index in [-0.39, 0.29) is 11.4 Å². The number of benzene rings is 1. The summed E-state index contributed by atoms with van der Waals surface area (Å²) >= 11 is 0. The fourth-order valence-corrected chi connectivity index (χ4v) is 3.97. The maximum Gasteiger partial charge on any atom is 0.127 e. The smallest absolute Gasteiger partial charge is 0.127 e. The number of nitrogens with one attached hydrogen (secondary N) is 1. The van der Waals surface area contributed by atoms with Gasteiger partial charge in [0.2, 0.25) is 0 Å². The first kappa shape index (κ1) is 15.0. The van der Waals surface area contributed by atoms with Crippen LogP contribution < -0.4 is 5.32 Å². The monoisotopic (exact) mass is 290 g/mol. The maximum absolute atomic E-state index is 14.0. The summed E-state index contributed by atoms with van der Waals surface area (Å²) < 4.78 is 14.0. The first-order valence-corrected chi connectivity index (χ1v) is 8.33. The van der Waals surface area contributed by atoms with Gasteiger partial charge in [0.15, 0.2) is 0 Å².